The molecule has 3 aliphatic heterocycles. The zero-order valence-corrected chi connectivity index (χ0v) is 21.2. The van der Waals surface area contributed by atoms with Gasteiger partial charge in [0.15, 0.2) is 0 Å². The largest absolute Gasteiger partial charge is 0.393 e. The van der Waals surface area contributed by atoms with Crippen molar-refractivity contribution in [2.24, 2.45) is 0 Å². The highest BCUT2D eigenvalue weighted by Gasteiger charge is 2.43. The zero-order chi connectivity index (χ0) is 26.0. The molecule has 37 heavy (non-hydrogen) atoms. The number of hydrogen-bond donors (Lipinski definition) is 1. The third-order valence-electron chi connectivity index (χ3n) is 7.38. The molecular weight excluding hydrogens is 522 g/mol. The van der Waals surface area contributed by atoms with Gasteiger partial charge in [0.25, 0.3) is 0 Å². The van der Waals surface area contributed by atoms with Gasteiger partial charge in [-0.05, 0) is 37.1 Å². The molecule has 2 fully saturated rings. The summed E-state index contributed by atoms with van der Waals surface area (Å²) in [5.74, 6) is -0.584. The minimum Gasteiger partial charge on any atom is -0.393 e. The Morgan fingerprint density at radius 1 is 1.22 bits per heavy atom. The number of benzene rings is 2. The Bertz CT molecular complexity index is 1510. The van der Waals surface area contributed by atoms with Crippen LogP contribution in [-0.4, -0.2) is 62.5 Å². The highest BCUT2D eigenvalue weighted by Crippen LogP contribution is 2.46. The Hall–Kier alpha value is -2.95. The second-order valence-corrected chi connectivity index (χ2v) is 11.1. The van der Waals surface area contributed by atoms with Crippen LogP contribution >= 0.6 is 23.4 Å². The molecule has 11 heteroatoms. The highest BCUT2D eigenvalue weighted by molar-refractivity contribution is 7.99. The van der Waals surface area contributed by atoms with E-state index >= 15 is 0 Å². The van der Waals surface area contributed by atoms with Crippen molar-refractivity contribution in [1.82, 2.24) is 14.5 Å². The van der Waals surface area contributed by atoms with Crippen molar-refractivity contribution in [3.63, 3.8) is 0 Å². The van der Waals surface area contributed by atoms with Crippen LogP contribution in [0.25, 0.3) is 22.0 Å². The lowest BCUT2D eigenvalue weighted by molar-refractivity contribution is -0.136. The van der Waals surface area contributed by atoms with Crippen molar-refractivity contribution < 1.29 is 18.7 Å². The van der Waals surface area contributed by atoms with Crippen molar-refractivity contribution in [1.29, 1.82) is 0 Å². The second kappa shape index (κ2) is 9.11. The van der Waals surface area contributed by atoms with Gasteiger partial charge in [0.2, 0.25) is 5.91 Å². The molecule has 2 atom stereocenters. The van der Waals surface area contributed by atoms with E-state index in [9.17, 15) is 23.5 Å². The number of piperidine rings is 1. The van der Waals surface area contributed by atoms with E-state index in [1.54, 1.807) is 15.5 Å². The number of carbonyl (C=O) groups is 1. The monoisotopic (exact) mass is 544 g/mol. The lowest BCUT2D eigenvalue weighted by Gasteiger charge is -2.51. The predicted molar refractivity (Wildman–Crippen MR) is 139 cm³/mol. The van der Waals surface area contributed by atoms with Crippen LogP contribution in [0.1, 0.15) is 12.8 Å². The van der Waals surface area contributed by atoms with Gasteiger partial charge in [0.05, 0.1) is 28.7 Å². The first-order valence-electron chi connectivity index (χ1n) is 12.0. The third kappa shape index (κ3) is 3.93. The average Bonchev–Trinajstić information content (AvgIpc) is 2.85. The number of piperazine rings is 1. The SMILES string of the molecule is C=CC(=O)N1C2CC(O)CC1CN(c1nc(=O)n3c4c(c(-c5ccc(F)cc5F)c(Cl)cc14)SCC3)C2. The van der Waals surface area contributed by atoms with E-state index < -0.39 is 23.4 Å². The number of fused-ring (bicyclic) bond motifs is 2. The Labute approximate surface area is 220 Å². The molecule has 4 heterocycles. The fourth-order valence-corrected chi connectivity index (χ4v) is 7.49. The van der Waals surface area contributed by atoms with Crippen molar-refractivity contribution >= 4 is 46.0 Å². The van der Waals surface area contributed by atoms with Crippen LogP contribution in [0.5, 0.6) is 0 Å². The summed E-state index contributed by atoms with van der Waals surface area (Å²) in [6.45, 7) is 4.81. The van der Waals surface area contributed by atoms with E-state index in [1.807, 2.05) is 4.90 Å². The van der Waals surface area contributed by atoms with E-state index in [2.05, 4.69) is 11.6 Å². The molecule has 1 amide bonds. The molecule has 3 aliphatic rings. The lowest BCUT2D eigenvalue weighted by atomic mass is 9.88. The predicted octanol–water partition coefficient (Wildman–Crippen LogP) is 3.83. The molecule has 2 aromatic carbocycles. The zero-order valence-electron chi connectivity index (χ0n) is 19.7. The molecule has 7 nitrogen and oxygen atoms in total. The number of amides is 1. The summed E-state index contributed by atoms with van der Waals surface area (Å²) in [6.07, 6.45) is 1.60. The maximum atomic E-state index is 14.8. The second-order valence-electron chi connectivity index (χ2n) is 9.59. The van der Waals surface area contributed by atoms with Crippen molar-refractivity contribution in [3.05, 3.63) is 64.1 Å². The van der Waals surface area contributed by atoms with Gasteiger partial charge in [-0.15, -0.1) is 11.8 Å². The Kier molecular flexibility index (Phi) is 6.00. The summed E-state index contributed by atoms with van der Waals surface area (Å²) in [5.41, 5.74) is 0.772. The van der Waals surface area contributed by atoms with Crippen molar-refractivity contribution in [3.8, 4) is 11.1 Å². The van der Waals surface area contributed by atoms with E-state index in [0.717, 1.165) is 6.07 Å². The summed E-state index contributed by atoms with van der Waals surface area (Å²) in [7, 11) is 0. The van der Waals surface area contributed by atoms with Gasteiger partial charge in [0.1, 0.15) is 17.5 Å². The van der Waals surface area contributed by atoms with Crippen LogP contribution in [0.3, 0.4) is 0 Å². The number of aliphatic hydroxyl groups excluding tert-OH is 1. The molecule has 192 valence electrons. The van der Waals surface area contributed by atoms with Gasteiger partial charge < -0.3 is 14.9 Å². The van der Waals surface area contributed by atoms with Gasteiger partial charge in [-0.2, -0.15) is 4.98 Å². The number of hydrogen-bond acceptors (Lipinski definition) is 6. The van der Waals surface area contributed by atoms with Gasteiger partial charge in [-0.1, -0.05) is 18.2 Å². The number of aryl methyl sites for hydroxylation is 1. The molecule has 3 aromatic rings. The fraction of sp³-hybridized carbons (Fsp3) is 0.346. The fourth-order valence-electron chi connectivity index (χ4n) is 5.93. The summed E-state index contributed by atoms with van der Waals surface area (Å²) in [6, 6.07) is 4.51. The summed E-state index contributed by atoms with van der Waals surface area (Å²) < 4.78 is 30.0. The van der Waals surface area contributed by atoms with Gasteiger partial charge in [-0.3, -0.25) is 9.36 Å². The number of halogens is 3. The van der Waals surface area contributed by atoms with Crippen molar-refractivity contribution in [2.75, 3.05) is 23.7 Å². The first kappa shape index (κ1) is 24.4. The highest BCUT2D eigenvalue weighted by atomic mass is 35.5. The number of rotatable bonds is 3. The molecule has 0 aliphatic carbocycles. The number of nitrogens with zero attached hydrogens (tertiary/aromatic N) is 4. The number of thioether (sulfide) groups is 1. The van der Waals surface area contributed by atoms with Gasteiger partial charge in [0, 0.05) is 52.9 Å². The average molecular weight is 545 g/mol. The van der Waals surface area contributed by atoms with E-state index in [1.165, 1.54) is 30.0 Å². The van der Waals surface area contributed by atoms with E-state index in [4.69, 9.17) is 11.6 Å². The normalized spacial score (nSPS) is 22.9. The Balaban J connectivity index is 1.53. The topological polar surface area (TPSA) is 78.7 Å². The van der Waals surface area contributed by atoms with E-state index in [0.29, 0.717) is 65.4 Å². The standard InChI is InChI=1S/C26H23ClF2N4O3S/c1-2-21(35)33-14-8-16(34)9-15(33)12-31(11-14)25-18-10-19(27)22(17-4-3-13(28)7-20(17)29)24-23(18)32(5-6-37-24)26(36)30-25/h2-4,7,10,14-16,34H,1,5-6,8-9,11-12H2. The molecule has 1 N–H and O–H groups in total. The van der Waals surface area contributed by atoms with Crippen LogP contribution < -0.4 is 10.6 Å². The summed E-state index contributed by atoms with van der Waals surface area (Å²) >= 11 is 8.22. The number of aromatic nitrogens is 2. The maximum Gasteiger partial charge on any atom is 0.350 e. The number of aliphatic hydroxyl groups is 1. The van der Waals surface area contributed by atoms with Crippen molar-refractivity contribution in [2.45, 2.75) is 42.5 Å². The molecule has 1 aromatic heterocycles. The first-order valence-corrected chi connectivity index (χ1v) is 13.4. The molecule has 2 saturated heterocycles. The molecule has 2 unspecified atom stereocenters. The molecule has 0 radical (unpaired) electrons. The molecule has 6 rings (SSSR count). The first-order chi connectivity index (χ1) is 17.8. The number of carbonyl (C=O) groups excluding carboxylic acids is 1. The Morgan fingerprint density at radius 2 is 1.95 bits per heavy atom. The van der Waals surface area contributed by atoms with Crippen LogP contribution in [0.2, 0.25) is 5.02 Å². The van der Waals surface area contributed by atoms with Gasteiger partial charge in [-0.25, -0.2) is 13.6 Å². The molecule has 0 saturated carbocycles. The Morgan fingerprint density at radius 3 is 2.62 bits per heavy atom. The minimum absolute atomic E-state index is 0.162. The lowest BCUT2D eigenvalue weighted by Crippen LogP contribution is -2.65. The summed E-state index contributed by atoms with van der Waals surface area (Å²) in [5, 5.41) is 11.3. The number of anilines is 1. The van der Waals surface area contributed by atoms with E-state index in [-0.39, 0.29) is 28.6 Å². The maximum absolute atomic E-state index is 14.8. The van der Waals surface area contributed by atoms with Crippen LogP contribution in [0.4, 0.5) is 14.6 Å². The van der Waals surface area contributed by atoms with Crippen LogP contribution in [0, 0.1) is 11.6 Å². The minimum atomic E-state index is -0.735. The molecular formula is C26H23ClF2N4O3S. The smallest absolute Gasteiger partial charge is 0.350 e. The van der Waals surface area contributed by atoms with Crippen LogP contribution in [0.15, 0.2) is 46.6 Å². The van der Waals surface area contributed by atoms with Crippen LogP contribution in [-0.2, 0) is 11.3 Å². The molecule has 2 bridgehead atoms. The molecule has 0 spiro atoms. The third-order valence-corrected chi connectivity index (χ3v) is 8.75. The summed E-state index contributed by atoms with van der Waals surface area (Å²) in [4.78, 5) is 34.6. The van der Waals surface area contributed by atoms with Gasteiger partial charge >= 0.3 is 5.69 Å². The quantitative estimate of drug-likeness (QED) is 0.505.